The number of benzene rings is 1. The zero-order chi connectivity index (χ0) is 16.6. The second-order valence-electron chi connectivity index (χ2n) is 5.91. The van der Waals surface area contributed by atoms with E-state index in [1.165, 1.54) is 6.07 Å². The Morgan fingerprint density at radius 2 is 1.86 bits per heavy atom. The van der Waals surface area contributed by atoms with Crippen LogP contribution in [0.1, 0.15) is 68.6 Å². The molecule has 0 saturated heterocycles. The van der Waals surface area contributed by atoms with Crippen LogP contribution in [0.3, 0.4) is 0 Å². The second kappa shape index (κ2) is 9.19. The maximum absolute atomic E-state index is 13.2. The van der Waals surface area contributed by atoms with Crippen LogP contribution in [-0.4, -0.2) is 13.7 Å². The summed E-state index contributed by atoms with van der Waals surface area (Å²) in [5.41, 5.74) is 0.971. The smallest absolute Gasteiger partial charge is 0.385 e. The maximum atomic E-state index is 13.2. The summed E-state index contributed by atoms with van der Waals surface area (Å²) in [7, 11) is 1.64. The van der Waals surface area contributed by atoms with Crippen molar-refractivity contribution in [1.29, 1.82) is 0 Å². The summed E-state index contributed by atoms with van der Waals surface area (Å²) in [5, 5.41) is 0. The number of ether oxygens (including phenoxy) is 1. The van der Waals surface area contributed by atoms with Gasteiger partial charge in [0.2, 0.25) is 0 Å². The Balaban J connectivity index is 2.90. The number of methoxy groups -OCH3 is 1. The van der Waals surface area contributed by atoms with Crippen molar-refractivity contribution in [3.05, 3.63) is 34.9 Å². The molecule has 1 unspecified atom stereocenters. The highest BCUT2D eigenvalue weighted by molar-refractivity contribution is 5.36. The molecule has 0 aliphatic rings. The molecule has 0 amide bonds. The standard InChI is InChI=1S/C18H27F3O/c1-4-5-9-15-10-11-17(18(19,20)21)16(13-15)14(2)8-6-7-12-22-3/h10-11,13-14H,4-9,12H2,1-3H3. The number of rotatable bonds is 9. The van der Waals surface area contributed by atoms with Gasteiger partial charge in [-0.2, -0.15) is 13.2 Å². The minimum atomic E-state index is -4.28. The Morgan fingerprint density at radius 1 is 1.14 bits per heavy atom. The molecule has 126 valence electrons. The number of hydrogen-bond donors (Lipinski definition) is 0. The fourth-order valence-corrected chi connectivity index (χ4v) is 2.67. The number of unbranched alkanes of at least 4 members (excludes halogenated alkanes) is 2. The molecule has 4 heteroatoms. The Labute approximate surface area is 131 Å². The van der Waals surface area contributed by atoms with E-state index in [0.717, 1.165) is 44.1 Å². The van der Waals surface area contributed by atoms with Gasteiger partial charge in [0.25, 0.3) is 0 Å². The van der Waals surface area contributed by atoms with E-state index in [0.29, 0.717) is 12.2 Å². The zero-order valence-corrected chi connectivity index (χ0v) is 13.8. The van der Waals surface area contributed by atoms with Gasteiger partial charge in [0.15, 0.2) is 0 Å². The summed E-state index contributed by atoms with van der Waals surface area (Å²) < 4.78 is 44.6. The maximum Gasteiger partial charge on any atom is 0.416 e. The molecule has 1 atom stereocenters. The SMILES string of the molecule is CCCCc1ccc(C(F)(F)F)c(C(C)CCCCOC)c1. The van der Waals surface area contributed by atoms with Crippen molar-refractivity contribution >= 4 is 0 Å². The minimum Gasteiger partial charge on any atom is -0.385 e. The fraction of sp³-hybridized carbons (Fsp3) is 0.667. The van der Waals surface area contributed by atoms with Gasteiger partial charge < -0.3 is 4.74 Å². The molecule has 0 N–H and O–H groups in total. The molecule has 1 rings (SSSR count). The van der Waals surface area contributed by atoms with Crippen LogP contribution < -0.4 is 0 Å². The zero-order valence-electron chi connectivity index (χ0n) is 13.8. The van der Waals surface area contributed by atoms with Gasteiger partial charge >= 0.3 is 6.18 Å². The third kappa shape index (κ3) is 5.99. The van der Waals surface area contributed by atoms with Gasteiger partial charge in [-0.3, -0.25) is 0 Å². The molecule has 0 heterocycles. The van der Waals surface area contributed by atoms with E-state index in [4.69, 9.17) is 4.74 Å². The van der Waals surface area contributed by atoms with Crippen LogP contribution in [0, 0.1) is 0 Å². The molecule has 22 heavy (non-hydrogen) atoms. The molecule has 0 spiro atoms. The van der Waals surface area contributed by atoms with Crippen molar-refractivity contribution in [1.82, 2.24) is 0 Å². The Kier molecular flexibility index (Phi) is 7.94. The highest BCUT2D eigenvalue weighted by atomic mass is 19.4. The number of alkyl halides is 3. The molecule has 0 aromatic heterocycles. The molecule has 0 aliphatic heterocycles. The Hall–Kier alpha value is -1.03. The van der Waals surface area contributed by atoms with Crippen molar-refractivity contribution < 1.29 is 17.9 Å². The summed E-state index contributed by atoms with van der Waals surface area (Å²) >= 11 is 0. The molecule has 0 fully saturated rings. The van der Waals surface area contributed by atoms with Crippen LogP contribution in [-0.2, 0) is 17.3 Å². The molecular weight excluding hydrogens is 289 g/mol. The third-order valence-electron chi connectivity index (χ3n) is 4.01. The summed E-state index contributed by atoms with van der Waals surface area (Å²) in [4.78, 5) is 0. The molecule has 0 bridgehead atoms. The van der Waals surface area contributed by atoms with Crippen molar-refractivity contribution in [3.8, 4) is 0 Å². The van der Waals surface area contributed by atoms with Crippen LogP contribution in [0.4, 0.5) is 13.2 Å². The first kappa shape index (κ1) is 19.0. The van der Waals surface area contributed by atoms with Crippen LogP contribution in [0.15, 0.2) is 18.2 Å². The lowest BCUT2D eigenvalue weighted by atomic mass is 9.89. The quantitative estimate of drug-likeness (QED) is 0.510. The van der Waals surface area contributed by atoms with Crippen LogP contribution in [0.5, 0.6) is 0 Å². The fourth-order valence-electron chi connectivity index (χ4n) is 2.67. The molecular formula is C18H27F3O. The van der Waals surface area contributed by atoms with E-state index in [1.54, 1.807) is 19.2 Å². The lowest BCUT2D eigenvalue weighted by Crippen LogP contribution is -2.12. The Morgan fingerprint density at radius 3 is 2.45 bits per heavy atom. The van der Waals surface area contributed by atoms with Gasteiger partial charge in [0.05, 0.1) is 5.56 Å². The van der Waals surface area contributed by atoms with E-state index < -0.39 is 11.7 Å². The summed E-state index contributed by atoms with van der Waals surface area (Å²) in [5.74, 6) is -0.0879. The van der Waals surface area contributed by atoms with E-state index in [9.17, 15) is 13.2 Å². The van der Waals surface area contributed by atoms with Gasteiger partial charge in [-0.15, -0.1) is 0 Å². The average molecular weight is 316 g/mol. The van der Waals surface area contributed by atoms with E-state index in [-0.39, 0.29) is 5.92 Å². The normalized spacial score (nSPS) is 13.4. The number of hydrogen-bond acceptors (Lipinski definition) is 1. The van der Waals surface area contributed by atoms with E-state index in [1.807, 2.05) is 6.92 Å². The van der Waals surface area contributed by atoms with Gasteiger partial charge in [0, 0.05) is 13.7 Å². The van der Waals surface area contributed by atoms with Crippen LogP contribution in [0.25, 0.3) is 0 Å². The average Bonchev–Trinajstić information content (AvgIpc) is 2.48. The minimum absolute atomic E-state index is 0.0879. The van der Waals surface area contributed by atoms with Crippen molar-refractivity contribution in [2.24, 2.45) is 0 Å². The monoisotopic (exact) mass is 316 g/mol. The first-order valence-electron chi connectivity index (χ1n) is 8.09. The molecule has 0 aliphatic carbocycles. The highest BCUT2D eigenvalue weighted by Crippen LogP contribution is 2.37. The lowest BCUT2D eigenvalue weighted by Gasteiger charge is -2.20. The summed E-state index contributed by atoms with van der Waals surface area (Å²) in [6, 6.07) is 4.64. The number of halogens is 3. The van der Waals surface area contributed by atoms with Crippen LogP contribution in [0.2, 0.25) is 0 Å². The highest BCUT2D eigenvalue weighted by Gasteiger charge is 2.34. The van der Waals surface area contributed by atoms with Gasteiger partial charge in [-0.25, -0.2) is 0 Å². The Bertz CT molecular complexity index is 440. The van der Waals surface area contributed by atoms with Crippen molar-refractivity contribution in [2.75, 3.05) is 13.7 Å². The molecule has 1 aromatic carbocycles. The summed E-state index contributed by atoms with van der Waals surface area (Å²) in [6.45, 7) is 4.64. The van der Waals surface area contributed by atoms with Gasteiger partial charge in [-0.1, -0.05) is 38.8 Å². The number of aryl methyl sites for hydroxylation is 1. The van der Waals surface area contributed by atoms with E-state index in [2.05, 4.69) is 6.92 Å². The molecule has 0 saturated carbocycles. The second-order valence-corrected chi connectivity index (χ2v) is 5.91. The first-order chi connectivity index (χ1) is 10.4. The largest absolute Gasteiger partial charge is 0.416 e. The predicted molar refractivity (Wildman–Crippen MR) is 84.2 cm³/mol. The molecule has 1 aromatic rings. The lowest BCUT2D eigenvalue weighted by molar-refractivity contribution is -0.138. The molecule has 1 nitrogen and oxygen atoms in total. The van der Waals surface area contributed by atoms with Crippen LogP contribution >= 0.6 is 0 Å². The molecule has 0 radical (unpaired) electrons. The topological polar surface area (TPSA) is 9.23 Å². The predicted octanol–water partition coefficient (Wildman–Crippen LogP) is 5.97. The first-order valence-corrected chi connectivity index (χ1v) is 8.09. The van der Waals surface area contributed by atoms with Gasteiger partial charge in [0.1, 0.15) is 0 Å². The van der Waals surface area contributed by atoms with E-state index >= 15 is 0 Å². The van der Waals surface area contributed by atoms with Crippen molar-refractivity contribution in [3.63, 3.8) is 0 Å². The van der Waals surface area contributed by atoms with Crippen molar-refractivity contribution in [2.45, 2.75) is 64.5 Å². The third-order valence-corrected chi connectivity index (χ3v) is 4.01. The van der Waals surface area contributed by atoms with Gasteiger partial charge in [-0.05, 0) is 48.8 Å². The summed E-state index contributed by atoms with van der Waals surface area (Å²) in [6.07, 6.45) is 1.14.